The number of ether oxygens (including phenoxy) is 2. The second-order valence-corrected chi connectivity index (χ2v) is 5.75. The first-order valence-corrected chi connectivity index (χ1v) is 8.41. The monoisotopic (exact) mass is 336 g/mol. The van der Waals surface area contributed by atoms with E-state index in [0.717, 1.165) is 10.5 Å². The Labute approximate surface area is 139 Å². The molecule has 1 unspecified atom stereocenters. The molecule has 124 valence electrons. The van der Waals surface area contributed by atoms with Gasteiger partial charge in [0, 0.05) is 10.6 Å². The highest BCUT2D eigenvalue weighted by molar-refractivity contribution is 7.98. The molecule has 2 amide bonds. The highest BCUT2D eigenvalue weighted by Crippen LogP contribution is 2.34. The standard InChI is InChI=1S/C16H20N2O4S/c1-5-22-15(19)13-9(2)17-16(20)18-14(13)10-6-7-12(23-4)11(8-10)21-3/h6-8,14H,5H2,1-4H3,(H2,17,18,20). The van der Waals surface area contributed by atoms with Gasteiger partial charge in [0.15, 0.2) is 0 Å². The molecule has 6 nitrogen and oxygen atoms in total. The van der Waals surface area contributed by atoms with Gasteiger partial charge in [-0.3, -0.25) is 0 Å². The van der Waals surface area contributed by atoms with E-state index in [0.29, 0.717) is 17.0 Å². The average Bonchev–Trinajstić information content (AvgIpc) is 2.53. The molecule has 2 N–H and O–H groups in total. The number of hydrogen-bond acceptors (Lipinski definition) is 5. The van der Waals surface area contributed by atoms with Gasteiger partial charge in [-0.1, -0.05) is 6.07 Å². The number of carbonyl (C=O) groups excluding carboxylic acids is 2. The minimum atomic E-state index is -0.576. The van der Waals surface area contributed by atoms with E-state index < -0.39 is 12.0 Å². The van der Waals surface area contributed by atoms with Crippen molar-refractivity contribution in [1.82, 2.24) is 10.6 Å². The number of allylic oxidation sites excluding steroid dienone is 1. The second kappa shape index (κ2) is 7.41. The first-order valence-electron chi connectivity index (χ1n) is 7.19. The highest BCUT2D eigenvalue weighted by Gasteiger charge is 2.32. The van der Waals surface area contributed by atoms with Crippen molar-refractivity contribution in [2.75, 3.05) is 20.0 Å². The topological polar surface area (TPSA) is 76.7 Å². The van der Waals surface area contributed by atoms with Crippen LogP contribution in [0.25, 0.3) is 0 Å². The lowest BCUT2D eigenvalue weighted by molar-refractivity contribution is -0.139. The van der Waals surface area contributed by atoms with Gasteiger partial charge in [0.25, 0.3) is 0 Å². The first-order chi connectivity index (χ1) is 11.0. The molecule has 0 bridgehead atoms. The molecule has 0 fully saturated rings. The molecule has 1 heterocycles. The Morgan fingerprint density at radius 3 is 2.74 bits per heavy atom. The van der Waals surface area contributed by atoms with Crippen LogP contribution in [0.3, 0.4) is 0 Å². The van der Waals surface area contributed by atoms with Crippen LogP contribution in [0.5, 0.6) is 5.75 Å². The summed E-state index contributed by atoms with van der Waals surface area (Å²) >= 11 is 1.56. The highest BCUT2D eigenvalue weighted by atomic mass is 32.2. The molecule has 0 saturated carbocycles. The first kappa shape index (κ1) is 17.2. The number of nitrogens with one attached hydrogen (secondary N) is 2. The number of methoxy groups -OCH3 is 1. The van der Waals surface area contributed by atoms with Crippen molar-refractivity contribution in [1.29, 1.82) is 0 Å². The van der Waals surface area contributed by atoms with Gasteiger partial charge in [0.1, 0.15) is 5.75 Å². The molecular weight excluding hydrogens is 316 g/mol. The number of carbonyl (C=O) groups is 2. The van der Waals surface area contributed by atoms with Crippen LogP contribution in [0.2, 0.25) is 0 Å². The molecule has 1 aromatic carbocycles. The van der Waals surface area contributed by atoms with E-state index in [2.05, 4.69) is 10.6 Å². The van der Waals surface area contributed by atoms with Crippen LogP contribution in [0.4, 0.5) is 4.79 Å². The molecule has 0 aromatic heterocycles. The van der Waals surface area contributed by atoms with E-state index in [1.165, 1.54) is 0 Å². The summed E-state index contributed by atoms with van der Waals surface area (Å²) < 4.78 is 10.5. The maximum Gasteiger partial charge on any atom is 0.338 e. The molecule has 7 heteroatoms. The quantitative estimate of drug-likeness (QED) is 0.638. The van der Waals surface area contributed by atoms with E-state index in [1.54, 1.807) is 32.7 Å². The fraction of sp³-hybridized carbons (Fsp3) is 0.375. The number of rotatable bonds is 5. The number of amides is 2. The van der Waals surface area contributed by atoms with Gasteiger partial charge in [-0.25, -0.2) is 9.59 Å². The minimum Gasteiger partial charge on any atom is -0.496 e. The maximum absolute atomic E-state index is 12.3. The summed E-state index contributed by atoms with van der Waals surface area (Å²) in [7, 11) is 1.59. The van der Waals surface area contributed by atoms with Gasteiger partial charge in [0.05, 0.1) is 25.3 Å². The molecular formula is C16H20N2O4S. The number of thioether (sulfide) groups is 1. The lowest BCUT2D eigenvalue weighted by Gasteiger charge is -2.28. The Kier molecular flexibility index (Phi) is 5.54. The molecule has 0 radical (unpaired) electrons. The Morgan fingerprint density at radius 1 is 1.39 bits per heavy atom. The second-order valence-electron chi connectivity index (χ2n) is 4.91. The van der Waals surface area contributed by atoms with E-state index >= 15 is 0 Å². The van der Waals surface area contributed by atoms with Crippen molar-refractivity contribution in [3.63, 3.8) is 0 Å². The third-order valence-corrected chi connectivity index (χ3v) is 4.28. The zero-order valence-electron chi connectivity index (χ0n) is 13.6. The zero-order valence-corrected chi connectivity index (χ0v) is 14.4. The number of urea groups is 1. The summed E-state index contributed by atoms with van der Waals surface area (Å²) in [4.78, 5) is 25.1. The maximum atomic E-state index is 12.3. The summed E-state index contributed by atoms with van der Waals surface area (Å²) in [5.41, 5.74) is 1.65. The normalized spacial score (nSPS) is 17.4. The van der Waals surface area contributed by atoms with Crippen LogP contribution in [-0.4, -0.2) is 32.0 Å². The molecule has 1 atom stereocenters. The van der Waals surface area contributed by atoms with Crippen LogP contribution in [0.15, 0.2) is 34.4 Å². The minimum absolute atomic E-state index is 0.269. The predicted octanol–water partition coefficient (Wildman–Crippen LogP) is 2.61. The van der Waals surface area contributed by atoms with Gasteiger partial charge in [-0.15, -0.1) is 11.8 Å². The van der Waals surface area contributed by atoms with Gasteiger partial charge in [0.2, 0.25) is 0 Å². The molecule has 0 aliphatic carbocycles. The summed E-state index contributed by atoms with van der Waals surface area (Å²) in [6, 6.07) is 4.68. The molecule has 0 spiro atoms. The Balaban J connectivity index is 2.47. The molecule has 0 saturated heterocycles. The fourth-order valence-electron chi connectivity index (χ4n) is 2.46. The third-order valence-electron chi connectivity index (χ3n) is 3.51. The van der Waals surface area contributed by atoms with E-state index in [-0.39, 0.29) is 12.6 Å². The van der Waals surface area contributed by atoms with Crippen molar-refractivity contribution < 1.29 is 19.1 Å². The Hall–Kier alpha value is -2.15. The van der Waals surface area contributed by atoms with Crippen LogP contribution in [0, 0.1) is 0 Å². The summed E-state index contributed by atoms with van der Waals surface area (Å²) in [6.45, 7) is 3.70. The smallest absolute Gasteiger partial charge is 0.338 e. The Bertz CT molecular complexity index is 657. The summed E-state index contributed by atoms with van der Waals surface area (Å²) in [5, 5.41) is 5.38. The van der Waals surface area contributed by atoms with Gasteiger partial charge in [-0.2, -0.15) is 0 Å². The third kappa shape index (κ3) is 3.61. The lowest BCUT2D eigenvalue weighted by atomic mass is 9.95. The van der Waals surface area contributed by atoms with Gasteiger partial charge >= 0.3 is 12.0 Å². The molecule has 2 rings (SSSR count). The van der Waals surface area contributed by atoms with E-state index in [1.807, 2.05) is 24.5 Å². The summed E-state index contributed by atoms with van der Waals surface area (Å²) in [6.07, 6.45) is 1.96. The Morgan fingerprint density at radius 2 is 2.13 bits per heavy atom. The van der Waals surface area contributed by atoms with Crippen molar-refractivity contribution in [3.05, 3.63) is 35.0 Å². The number of hydrogen-bond donors (Lipinski definition) is 2. The van der Waals surface area contributed by atoms with Crippen LogP contribution in [-0.2, 0) is 9.53 Å². The van der Waals surface area contributed by atoms with Crippen molar-refractivity contribution in [3.8, 4) is 5.75 Å². The molecule has 1 aliphatic heterocycles. The number of esters is 1. The van der Waals surface area contributed by atoms with Gasteiger partial charge < -0.3 is 20.1 Å². The van der Waals surface area contributed by atoms with Crippen molar-refractivity contribution >= 4 is 23.8 Å². The largest absolute Gasteiger partial charge is 0.496 e. The SMILES string of the molecule is CCOC(=O)C1=C(C)NC(=O)NC1c1ccc(SC)c(OC)c1. The lowest BCUT2D eigenvalue weighted by Crippen LogP contribution is -2.45. The van der Waals surface area contributed by atoms with Gasteiger partial charge in [-0.05, 0) is 37.8 Å². The van der Waals surface area contributed by atoms with Crippen LogP contribution < -0.4 is 15.4 Å². The van der Waals surface area contributed by atoms with E-state index in [9.17, 15) is 9.59 Å². The average molecular weight is 336 g/mol. The van der Waals surface area contributed by atoms with Crippen LogP contribution >= 0.6 is 11.8 Å². The van der Waals surface area contributed by atoms with Crippen molar-refractivity contribution in [2.45, 2.75) is 24.8 Å². The van der Waals surface area contributed by atoms with Crippen LogP contribution in [0.1, 0.15) is 25.5 Å². The molecule has 1 aliphatic rings. The predicted molar refractivity (Wildman–Crippen MR) is 88.5 cm³/mol. The molecule has 1 aromatic rings. The summed E-state index contributed by atoms with van der Waals surface area (Å²) in [5.74, 6) is 0.249. The number of benzene rings is 1. The van der Waals surface area contributed by atoms with Crippen molar-refractivity contribution in [2.24, 2.45) is 0 Å². The van der Waals surface area contributed by atoms with E-state index in [4.69, 9.17) is 9.47 Å². The zero-order chi connectivity index (χ0) is 17.0. The fourth-order valence-corrected chi connectivity index (χ4v) is 3.00. The molecule has 23 heavy (non-hydrogen) atoms.